The van der Waals surface area contributed by atoms with Gasteiger partial charge in [0.1, 0.15) is 0 Å². The monoisotopic (exact) mass is 452 g/mol. The highest BCUT2D eigenvalue weighted by Crippen LogP contribution is 2.62. The van der Waals surface area contributed by atoms with Crippen molar-refractivity contribution in [1.29, 1.82) is 0 Å². The number of carbonyl (C=O) groups is 2. The SMILES string of the molecule is CC1(C)CN(C(=O)C23CC4CC(CC(C4)C2)C3)CCN(C(=O)C23CC4CC(CC(C4)C2)C3)C1. The highest BCUT2D eigenvalue weighted by atomic mass is 16.2. The van der Waals surface area contributed by atoms with Crippen LogP contribution in [0, 0.1) is 51.8 Å². The summed E-state index contributed by atoms with van der Waals surface area (Å²) in [6.45, 7) is 7.72. The first-order valence-electron chi connectivity index (χ1n) is 14.3. The van der Waals surface area contributed by atoms with Crippen molar-refractivity contribution in [3.8, 4) is 0 Å². The van der Waals surface area contributed by atoms with E-state index in [1.165, 1.54) is 38.5 Å². The fourth-order valence-electron chi connectivity index (χ4n) is 11.2. The number of hydrogen-bond donors (Lipinski definition) is 0. The fourth-order valence-corrected chi connectivity index (χ4v) is 11.2. The molecule has 0 spiro atoms. The first kappa shape index (κ1) is 21.2. The first-order chi connectivity index (χ1) is 15.7. The predicted octanol–water partition coefficient (Wildman–Crippen LogP) is 5.12. The summed E-state index contributed by atoms with van der Waals surface area (Å²) < 4.78 is 0. The highest BCUT2D eigenvalue weighted by molar-refractivity contribution is 5.85. The summed E-state index contributed by atoms with van der Waals surface area (Å²) in [7, 11) is 0. The van der Waals surface area contributed by atoms with Gasteiger partial charge in [0.05, 0.1) is 10.8 Å². The largest absolute Gasteiger partial charge is 0.340 e. The normalized spacial score (nSPS) is 49.4. The number of rotatable bonds is 2. The van der Waals surface area contributed by atoms with Crippen LogP contribution in [-0.2, 0) is 9.59 Å². The molecular formula is C29H44N2O2. The molecule has 2 amide bonds. The number of carbonyl (C=O) groups excluding carboxylic acids is 2. The maximum absolute atomic E-state index is 14.1. The lowest BCUT2D eigenvalue weighted by molar-refractivity contribution is -0.159. The minimum atomic E-state index is -0.0655. The van der Waals surface area contributed by atoms with E-state index < -0.39 is 0 Å². The number of amides is 2. The molecule has 0 aromatic carbocycles. The smallest absolute Gasteiger partial charge is 0.228 e. The molecular weight excluding hydrogens is 408 g/mol. The predicted molar refractivity (Wildman–Crippen MR) is 128 cm³/mol. The van der Waals surface area contributed by atoms with Crippen LogP contribution < -0.4 is 0 Å². The van der Waals surface area contributed by atoms with E-state index in [9.17, 15) is 9.59 Å². The van der Waals surface area contributed by atoms with Gasteiger partial charge in [0.25, 0.3) is 0 Å². The Balaban J connectivity index is 1.10. The second-order valence-corrected chi connectivity index (χ2v) is 15.0. The Kier molecular flexibility index (Phi) is 4.51. The van der Waals surface area contributed by atoms with Gasteiger partial charge in [0.2, 0.25) is 11.8 Å². The molecule has 1 saturated heterocycles. The minimum absolute atomic E-state index is 0.0353. The molecule has 8 bridgehead atoms. The van der Waals surface area contributed by atoms with Gasteiger partial charge in [-0.15, -0.1) is 0 Å². The van der Waals surface area contributed by atoms with Crippen LogP contribution in [-0.4, -0.2) is 47.8 Å². The quantitative estimate of drug-likeness (QED) is 0.584. The lowest BCUT2D eigenvalue weighted by Gasteiger charge is -2.56. The van der Waals surface area contributed by atoms with E-state index in [1.807, 2.05) is 0 Å². The van der Waals surface area contributed by atoms with E-state index in [2.05, 4.69) is 23.6 Å². The van der Waals surface area contributed by atoms with Crippen LogP contribution in [0.5, 0.6) is 0 Å². The fraction of sp³-hybridized carbons (Fsp3) is 0.931. The van der Waals surface area contributed by atoms with Crippen molar-refractivity contribution >= 4 is 11.8 Å². The molecule has 0 N–H and O–H groups in total. The van der Waals surface area contributed by atoms with E-state index >= 15 is 0 Å². The third-order valence-corrected chi connectivity index (χ3v) is 11.4. The van der Waals surface area contributed by atoms with Crippen LogP contribution in [0.15, 0.2) is 0 Å². The number of hydrogen-bond acceptors (Lipinski definition) is 2. The summed E-state index contributed by atoms with van der Waals surface area (Å²) in [5.74, 6) is 5.72. The molecule has 33 heavy (non-hydrogen) atoms. The zero-order valence-electron chi connectivity index (χ0n) is 21.0. The second-order valence-electron chi connectivity index (χ2n) is 15.0. The molecule has 182 valence electrons. The second kappa shape index (κ2) is 7.00. The van der Waals surface area contributed by atoms with Crippen LogP contribution in [0.1, 0.15) is 90.9 Å². The summed E-state index contributed by atoms with van der Waals surface area (Å²) in [5.41, 5.74) is -0.166. The van der Waals surface area contributed by atoms with Crippen molar-refractivity contribution in [2.24, 2.45) is 51.8 Å². The highest BCUT2D eigenvalue weighted by Gasteiger charge is 2.58. The van der Waals surface area contributed by atoms with Crippen molar-refractivity contribution in [2.45, 2.75) is 90.9 Å². The van der Waals surface area contributed by atoms with Crippen molar-refractivity contribution in [2.75, 3.05) is 26.2 Å². The molecule has 8 aliphatic carbocycles. The molecule has 0 atom stereocenters. The van der Waals surface area contributed by atoms with Crippen LogP contribution in [0.25, 0.3) is 0 Å². The van der Waals surface area contributed by atoms with Crippen molar-refractivity contribution in [1.82, 2.24) is 9.80 Å². The zero-order valence-corrected chi connectivity index (χ0v) is 21.0. The first-order valence-corrected chi connectivity index (χ1v) is 14.3. The summed E-state index contributed by atoms with van der Waals surface area (Å²) in [6.07, 6.45) is 15.1. The van der Waals surface area contributed by atoms with Crippen molar-refractivity contribution in [3.63, 3.8) is 0 Å². The summed E-state index contributed by atoms with van der Waals surface area (Å²) in [5, 5.41) is 0. The van der Waals surface area contributed by atoms with Crippen LogP contribution >= 0.6 is 0 Å². The molecule has 9 rings (SSSR count). The summed E-state index contributed by atoms with van der Waals surface area (Å²) >= 11 is 0. The maximum atomic E-state index is 14.1. The number of nitrogens with zero attached hydrogens (tertiary/aromatic N) is 2. The van der Waals surface area contributed by atoms with Gasteiger partial charge in [-0.05, 0) is 118 Å². The van der Waals surface area contributed by atoms with Gasteiger partial charge >= 0.3 is 0 Å². The lowest BCUT2D eigenvalue weighted by Crippen LogP contribution is -2.56. The Morgan fingerprint density at radius 1 is 0.545 bits per heavy atom. The Hall–Kier alpha value is -1.06. The standard InChI is InChI=1S/C29H44N2O2/c1-27(2)17-30(25(32)28-11-19-5-20(12-28)7-21(6-19)13-28)3-4-31(18-27)26(33)29-14-22-8-23(15-29)10-24(9-22)16-29/h19-24H,3-18H2,1-2H3. The van der Waals surface area contributed by atoms with Crippen LogP contribution in [0.3, 0.4) is 0 Å². The Morgan fingerprint density at radius 3 is 1.09 bits per heavy atom. The van der Waals surface area contributed by atoms with Gasteiger partial charge in [0.15, 0.2) is 0 Å². The Labute approximate surface area is 200 Å². The molecule has 0 aromatic heterocycles. The molecule has 0 aromatic rings. The van der Waals surface area contributed by atoms with Crippen molar-refractivity contribution < 1.29 is 9.59 Å². The van der Waals surface area contributed by atoms with Gasteiger partial charge in [-0.2, -0.15) is 0 Å². The Bertz CT molecular complexity index is 721. The molecule has 1 heterocycles. The summed E-state index contributed by atoms with van der Waals surface area (Å²) in [6, 6.07) is 0. The van der Waals surface area contributed by atoms with Gasteiger partial charge in [-0.1, -0.05) is 13.8 Å². The molecule has 0 unspecified atom stereocenters. The molecule has 9 aliphatic rings. The van der Waals surface area contributed by atoms with E-state index in [-0.39, 0.29) is 16.2 Å². The summed E-state index contributed by atoms with van der Waals surface area (Å²) in [4.78, 5) is 32.7. The zero-order chi connectivity index (χ0) is 22.6. The average molecular weight is 453 g/mol. The van der Waals surface area contributed by atoms with E-state index in [0.717, 1.165) is 100 Å². The van der Waals surface area contributed by atoms with Crippen molar-refractivity contribution in [3.05, 3.63) is 0 Å². The maximum Gasteiger partial charge on any atom is 0.228 e. The third kappa shape index (κ3) is 3.35. The van der Waals surface area contributed by atoms with E-state index in [4.69, 9.17) is 0 Å². The van der Waals surface area contributed by atoms with E-state index in [0.29, 0.717) is 11.8 Å². The topological polar surface area (TPSA) is 40.6 Å². The van der Waals surface area contributed by atoms with Crippen LogP contribution in [0.4, 0.5) is 0 Å². The molecule has 0 radical (unpaired) electrons. The van der Waals surface area contributed by atoms with Crippen LogP contribution in [0.2, 0.25) is 0 Å². The van der Waals surface area contributed by atoms with Gasteiger partial charge in [0, 0.05) is 26.2 Å². The molecule has 8 saturated carbocycles. The lowest BCUT2D eigenvalue weighted by atomic mass is 9.49. The minimum Gasteiger partial charge on any atom is -0.340 e. The average Bonchev–Trinajstić information content (AvgIpc) is 2.88. The van der Waals surface area contributed by atoms with Gasteiger partial charge in [-0.3, -0.25) is 9.59 Å². The molecule has 1 aliphatic heterocycles. The Morgan fingerprint density at radius 2 is 0.818 bits per heavy atom. The van der Waals surface area contributed by atoms with E-state index in [1.54, 1.807) is 0 Å². The molecule has 9 fully saturated rings. The molecule has 4 nitrogen and oxygen atoms in total. The van der Waals surface area contributed by atoms with Gasteiger partial charge < -0.3 is 9.80 Å². The molecule has 4 heteroatoms. The van der Waals surface area contributed by atoms with Gasteiger partial charge in [-0.25, -0.2) is 0 Å². The third-order valence-electron chi connectivity index (χ3n) is 11.4.